The summed E-state index contributed by atoms with van der Waals surface area (Å²) in [7, 11) is 0. The van der Waals surface area contributed by atoms with Crippen molar-refractivity contribution in [2.75, 3.05) is 0 Å². The van der Waals surface area contributed by atoms with E-state index in [0.717, 1.165) is 8.95 Å². The normalized spacial score (nSPS) is 11.7. The average molecular weight is 294 g/mol. The van der Waals surface area contributed by atoms with Gasteiger partial charge in [0.1, 0.15) is 0 Å². The van der Waals surface area contributed by atoms with Crippen molar-refractivity contribution >= 4 is 37.7 Å². The van der Waals surface area contributed by atoms with Crippen molar-refractivity contribution in [3.63, 3.8) is 0 Å². The average Bonchev–Trinajstić information content (AvgIpc) is 2.01. The molecule has 0 aliphatic carbocycles. The van der Waals surface area contributed by atoms with E-state index in [1.165, 1.54) is 0 Å². The van der Waals surface area contributed by atoms with Crippen molar-refractivity contribution < 1.29 is 5.21 Å². The van der Waals surface area contributed by atoms with E-state index in [2.05, 4.69) is 37.0 Å². The second-order valence-corrected chi connectivity index (χ2v) is 3.97. The Balaban J connectivity index is 3.17. The summed E-state index contributed by atoms with van der Waals surface area (Å²) in [5.41, 5.74) is 6.06. The molecule has 0 bridgehead atoms. The van der Waals surface area contributed by atoms with Crippen LogP contribution >= 0.6 is 31.9 Å². The SMILES string of the molecule is N/C(=N/O)c1cc(Br)cc(Br)c1. The molecule has 0 aliphatic rings. The minimum Gasteiger partial charge on any atom is -0.409 e. The highest BCUT2D eigenvalue weighted by molar-refractivity contribution is 9.11. The van der Waals surface area contributed by atoms with Crippen molar-refractivity contribution in [3.05, 3.63) is 32.7 Å². The van der Waals surface area contributed by atoms with Crippen molar-refractivity contribution in [2.45, 2.75) is 0 Å². The van der Waals surface area contributed by atoms with Gasteiger partial charge in [-0.25, -0.2) is 0 Å². The molecule has 3 N–H and O–H groups in total. The van der Waals surface area contributed by atoms with Gasteiger partial charge >= 0.3 is 0 Å². The number of amidine groups is 1. The fourth-order valence-corrected chi connectivity index (χ4v) is 2.05. The van der Waals surface area contributed by atoms with Crippen LogP contribution in [-0.4, -0.2) is 11.0 Å². The number of hydrogen-bond donors (Lipinski definition) is 2. The molecule has 0 aliphatic heterocycles. The van der Waals surface area contributed by atoms with Crippen LogP contribution in [0, 0.1) is 0 Å². The van der Waals surface area contributed by atoms with Crippen LogP contribution in [0.4, 0.5) is 0 Å². The third-order valence-corrected chi connectivity index (χ3v) is 2.18. The lowest BCUT2D eigenvalue weighted by molar-refractivity contribution is 0.318. The number of hydrogen-bond acceptors (Lipinski definition) is 2. The first kappa shape index (κ1) is 9.54. The van der Waals surface area contributed by atoms with Gasteiger partial charge in [0.15, 0.2) is 5.84 Å². The minimum absolute atomic E-state index is 0.0944. The summed E-state index contributed by atoms with van der Waals surface area (Å²) in [5, 5.41) is 11.3. The van der Waals surface area contributed by atoms with Gasteiger partial charge in [0, 0.05) is 14.5 Å². The lowest BCUT2D eigenvalue weighted by Crippen LogP contribution is -2.12. The molecule has 0 saturated heterocycles. The monoisotopic (exact) mass is 292 g/mol. The van der Waals surface area contributed by atoms with Crippen LogP contribution in [0.25, 0.3) is 0 Å². The van der Waals surface area contributed by atoms with Gasteiger partial charge in [-0.15, -0.1) is 0 Å². The maximum absolute atomic E-state index is 8.40. The van der Waals surface area contributed by atoms with Gasteiger partial charge in [0.2, 0.25) is 0 Å². The molecule has 0 radical (unpaired) electrons. The van der Waals surface area contributed by atoms with Crippen LogP contribution in [0.3, 0.4) is 0 Å². The largest absolute Gasteiger partial charge is 0.409 e. The Bertz CT molecular complexity index is 305. The molecule has 0 saturated carbocycles. The Morgan fingerprint density at radius 1 is 1.25 bits per heavy atom. The van der Waals surface area contributed by atoms with Crippen LogP contribution in [0.5, 0.6) is 0 Å². The molecule has 0 spiro atoms. The molecule has 3 nitrogen and oxygen atoms in total. The van der Waals surface area contributed by atoms with Gasteiger partial charge in [-0.05, 0) is 18.2 Å². The van der Waals surface area contributed by atoms with E-state index in [-0.39, 0.29) is 5.84 Å². The zero-order valence-electron chi connectivity index (χ0n) is 5.96. The number of halogens is 2. The highest BCUT2D eigenvalue weighted by atomic mass is 79.9. The number of nitrogens with zero attached hydrogens (tertiary/aromatic N) is 1. The Morgan fingerprint density at radius 2 is 1.75 bits per heavy atom. The van der Waals surface area contributed by atoms with Crippen LogP contribution in [0.15, 0.2) is 32.3 Å². The Labute approximate surface area is 86.5 Å². The van der Waals surface area contributed by atoms with E-state index >= 15 is 0 Å². The second kappa shape index (κ2) is 3.91. The highest BCUT2D eigenvalue weighted by Gasteiger charge is 2.01. The molecule has 0 aromatic heterocycles. The van der Waals surface area contributed by atoms with Crippen LogP contribution in [-0.2, 0) is 0 Å². The summed E-state index contributed by atoms with van der Waals surface area (Å²) in [5.74, 6) is 0.0944. The Kier molecular flexibility index (Phi) is 3.11. The molecule has 0 atom stereocenters. The lowest BCUT2D eigenvalue weighted by atomic mass is 10.2. The van der Waals surface area contributed by atoms with Gasteiger partial charge < -0.3 is 10.9 Å². The summed E-state index contributed by atoms with van der Waals surface area (Å²) in [6.45, 7) is 0. The maximum atomic E-state index is 8.40. The summed E-state index contributed by atoms with van der Waals surface area (Å²) >= 11 is 6.58. The molecular weight excluding hydrogens is 288 g/mol. The standard InChI is InChI=1S/C7H6Br2N2O/c8-5-1-4(7(10)11-12)2-6(9)3-5/h1-3,12H,(H2,10,11). The van der Waals surface area contributed by atoms with E-state index in [0.29, 0.717) is 5.56 Å². The van der Waals surface area contributed by atoms with Crippen LogP contribution in [0.2, 0.25) is 0 Å². The fraction of sp³-hybridized carbons (Fsp3) is 0. The first-order chi connectivity index (χ1) is 5.63. The smallest absolute Gasteiger partial charge is 0.170 e. The molecular formula is C7H6Br2N2O. The topological polar surface area (TPSA) is 58.6 Å². The third kappa shape index (κ3) is 2.22. The molecule has 0 unspecified atom stereocenters. The summed E-state index contributed by atoms with van der Waals surface area (Å²) in [6.07, 6.45) is 0. The van der Waals surface area contributed by atoms with Crippen LogP contribution in [0.1, 0.15) is 5.56 Å². The number of nitrogens with two attached hydrogens (primary N) is 1. The highest BCUT2D eigenvalue weighted by Crippen LogP contribution is 2.19. The molecule has 1 aromatic rings. The predicted octanol–water partition coefficient (Wildman–Crippen LogP) is 2.31. The van der Waals surface area contributed by atoms with Gasteiger partial charge in [-0.1, -0.05) is 37.0 Å². The van der Waals surface area contributed by atoms with Crippen molar-refractivity contribution in [2.24, 2.45) is 10.9 Å². The van der Waals surface area contributed by atoms with E-state index in [4.69, 9.17) is 10.9 Å². The first-order valence-electron chi connectivity index (χ1n) is 3.07. The lowest BCUT2D eigenvalue weighted by Gasteiger charge is -2.00. The summed E-state index contributed by atoms with van der Waals surface area (Å²) in [4.78, 5) is 0. The summed E-state index contributed by atoms with van der Waals surface area (Å²) < 4.78 is 1.75. The minimum atomic E-state index is 0.0944. The molecule has 5 heteroatoms. The van der Waals surface area contributed by atoms with Gasteiger partial charge in [0.05, 0.1) is 0 Å². The van der Waals surface area contributed by atoms with E-state index in [9.17, 15) is 0 Å². The van der Waals surface area contributed by atoms with E-state index in [1.807, 2.05) is 6.07 Å². The first-order valence-corrected chi connectivity index (χ1v) is 4.66. The van der Waals surface area contributed by atoms with Gasteiger partial charge in [-0.2, -0.15) is 0 Å². The second-order valence-electron chi connectivity index (χ2n) is 2.14. The predicted molar refractivity (Wildman–Crippen MR) is 54.4 cm³/mol. The number of benzene rings is 1. The molecule has 64 valence electrons. The van der Waals surface area contributed by atoms with Gasteiger partial charge in [-0.3, -0.25) is 0 Å². The quantitative estimate of drug-likeness (QED) is 0.361. The number of rotatable bonds is 1. The molecule has 0 heterocycles. The Hall–Kier alpha value is -0.550. The van der Waals surface area contributed by atoms with Crippen LogP contribution < -0.4 is 5.73 Å². The van der Waals surface area contributed by atoms with Crippen molar-refractivity contribution in [3.8, 4) is 0 Å². The molecule has 1 aromatic carbocycles. The van der Waals surface area contributed by atoms with Crippen molar-refractivity contribution in [1.82, 2.24) is 0 Å². The molecule has 12 heavy (non-hydrogen) atoms. The zero-order chi connectivity index (χ0) is 9.14. The molecule has 0 amide bonds. The summed E-state index contributed by atoms with van der Waals surface area (Å²) in [6, 6.07) is 5.40. The van der Waals surface area contributed by atoms with E-state index < -0.39 is 0 Å². The fourth-order valence-electron chi connectivity index (χ4n) is 0.759. The Morgan fingerprint density at radius 3 is 2.17 bits per heavy atom. The van der Waals surface area contributed by atoms with Crippen molar-refractivity contribution in [1.29, 1.82) is 0 Å². The molecule has 0 fully saturated rings. The van der Waals surface area contributed by atoms with Gasteiger partial charge in [0.25, 0.3) is 0 Å². The number of oxime groups is 1. The van der Waals surface area contributed by atoms with E-state index in [1.54, 1.807) is 12.1 Å². The maximum Gasteiger partial charge on any atom is 0.170 e. The third-order valence-electron chi connectivity index (χ3n) is 1.27. The zero-order valence-corrected chi connectivity index (χ0v) is 9.13. The molecule has 1 rings (SSSR count).